The normalized spacial score (nSPS) is 25.3. The van der Waals surface area contributed by atoms with E-state index in [0.717, 1.165) is 49.4 Å². The van der Waals surface area contributed by atoms with E-state index in [-0.39, 0.29) is 24.1 Å². The molecular weight excluding hydrogens is 344 g/mol. The van der Waals surface area contributed by atoms with Gasteiger partial charge in [0.25, 0.3) is 5.91 Å². The van der Waals surface area contributed by atoms with Gasteiger partial charge in [-0.25, -0.2) is 0 Å². The number of nitrogens with zero attached hydrogens (tertiary/aromatic N) is 2. The molecule has 1 unspecified atom stereocenters. The van der Waals surface area contributed by atoms with Crippen LogP contribution in [0.25, 0.3) is 0 Å². The lowest BCUT2D eigenvalue weighted by Crippen LogP contribution is -2.52. The lowest BCUT2D eigenvalue weighted by atomic mass is 10.0. The number of nitrogens with one attached hydrogen (secondary N) is 2. The molecule has 3 amide bonds. The Labute approximate surface area is 157 Å². The average molecular weight is 366 g/mol. The number of piperidine rings is 1. The first-order valence-electron chi connectivity index (χ1n) is 9.48. The molecule has 7 heteroatoms. The highest BCUT2D eigenvalue weighted by Crippen LogP contribution is 2.31. The highest BCUT2D eigenvalue weighted by Gasteiger charge is 2.40. The smallest absolute Gasteiger partial charge is 0.255 e. The van der Waals surface area contributed by atoms with Crippen LogP contribution >= 0.6 is 0 Å². The van der Waals surface area contributed by atoms with Crippen molar-refractivity contribution in [1.29, 1.82) is 0 Å². The molecular formula is C20H22N4O3. The Kier molecular flexibility index (Phi) is 3.87. The van der Waals surface area contributed by atoms with E-state index in [2.05, 4.69) is 15.5 Å². The average Bonchev–Trinajstić information content (AvgIpc) is 3.29. The zero-order chi connectivity index (χ0) is 18.5. The van der Waals surface area contributed by atoms with Crippen molar-refractivity contribution < 1.29 is 14.4 Å². The fraction of sp³-hybridized carbons (Fsp3) is 0.450. The van der Waals surface area contributed by atoms with E-state index in [0.29, 0.717) is 13.0 Å². The number of fused-ring (bicyclic) bond motifs is 1. The second kappa shape index (κ2) is 6.28. The highest BCUT2D eigenvalue weighted by molar-refractivity contribution is 6.06. The molecule has 0 radical (unpaired) electrons. The quantitative estimate of drug-likeness (QED) is 0.588. The van der Waals surface area contributed by atoms with Gasteiger partial charge in [0.15, 0.2) is 0 Å². The minimum absolute atomic E-state index is 0.0866. The third kappa shape index (κ3) is 2.78. The summed E-state index contributed by atoms with van der Waals surface area (Å²) in [6.07, 6.45) is 0.678. The summed E-state index contributed by atoms with van der Waals surface area (Å²) in [6, 6.07) is 5.42. The first kappa shape index (κ1) is 16.6. The van der Waals surface area contributed by atoms with Gasteiger partial charge in [-0.1, -0.05) is 18.2 Å². The lowest BCUT2D eigenvalue weighted by Gasteiger charge is -2.29. The maximum Gasteiger partial charge on any atom is 0.255 e. The van der Waals surface area contributed by atoms with Crippen LogP contribution in [0.2, 0.25) is 0 Å². The maximum atomic E-state index is 13.1. The molecule has 5 rings (SSSR count). The van der Waals surface area contributed by atoms with Crippen molar-refractivity contribution >= 4 is 17.7 Å². The predicted molar refractivity (Wildman–Crippen MR) is 97.7 cm³/mol. The van der Waals surface area contributed by atoms with Crippen LogP contribution in [0.3, 0.4) is 0 Å². The van der Waals surface area contributed by atoms with Gasteiger partial charge in [-0.2, -0.15) is 0 Å². The molecule has 0 spiro atoms. The predicted octanol–water partition coefficient (Wildman–Crippen LogP) is 0.163. The first-order chi connectivity index (χ1) is 13.1. The molecule has 4 heterocycles. The zero-order valence-corrected chi connectivity index (χ0v) is 15.1. The third-order valence-electron chi connectivity index (χ3n) is 6.04. The molecule has 1 fully saturated rings. The fourth-order valence-corrected chi connectivity index (χ4v) is 4.72. The van der Waals surface area contributed by atoms with Crippen molar-refractivity contribution in [2.24, 2.45) is 0 Å². The van der Waals surface area contributed by atoms with Gasteiger partial charge in [0.2, 0.25) is 11.8 Å². The summed E-state index contributed by atoms with van der Waals surface area (Å²) in [5, 5.41) is 5.74. The second-order valence-electron chi connectivity index (χ2n) is 7.81. The van der Waals surface area contributed by atoms with E-state index in [1.165, 1.54) is 11.1 Å². The van der Waals surface area contributed by atoms with Gasteiger partial charge in [0.05, 0.1) is 0 Å². The van der Waals surface area contributed by atoms with E-state index in [1.54, 1.807) is 4.90 Å². The summed E-state index contributed by atoms with van der Waals surface area (Å²) in [5.41, 5.74) is 5.72. The Hall–Kier alpha value is -2.51. The van der Waals surface area contributed by atoms with E-state index in [1.807, 2.05) is 18.2 Å². The van der Waals surface area contributed by atoms with Gasteiger partial charge >= 0.3 is 0 Å². The summed E-state index contributed by atoms with van der Waals surface area (Å²) in [5.74, 6) is -0.705. The molecule has 1 aromatic carbocycles. The minimum Gasteiger partial charge on any atom is -0.322 e. The Morgan fingerprint density at radius 2 is 1.81 bits per heavy atom. The number of carbonyl (C=O) groups is 3. The SMILES string of the molecule is O=C1CCC(N2Cc3cccc(CN4CC5=C(CNC5)C4)c3C2=O)C(=O)N1. The molecule has 0 aromatic heterocycles. The monoisotopic (exact) mass is 366 g/mol. The Bertz CT molecular complexity index is 875. The van der Waals surface area contributed by atoms with Crippen LogP contribution in [0.4, 0.5) is 0 Å². The van der Waals surface area contributed by atoms with Crippen molar-refractivity contribution in [1.82, 2.24) is 20.4 Å². The van der Waals surface area contributed by atoms with Gasteiger partial charge < -0.3 is 10.2 Å². The van der Waals surface area contributed by atoms with E-state index in [4.69, 9.17) is 0 Å². The van der Waals surface area contributed by atoms with Gasteiger partial charge in [0.1, 0.15) is 6.04 Å². The van der Waals surface area contributed by atoms with Gasteiger partial charge in [-0.3, -0.25) is 24.6 Å². The molecule has 0 aliphatic carbocycles. The van der Waals surface area contributed by atoms with Gasteiger partial charge in [0, 0.05) is 51.3 Å². The van der Waals surface area contributed by atoms with Crippen molar-refractivity contribution in [3.63, 3.8) is 0 Å². The number of rotatable bonds is 3. The summed E-state index contributed by atoms with van der Waals surface area (Å²) >= 11 is 0. The van der Waals surface area contributed by atoms with Crippen molar-refractivity contribution in [2.45, 2.75) is 32.0 Å². The molecule has 27 heavy (non-hydrogen) atoms. The molecule has 0 bridgehead atoms. The number of amides is 3. The molecule has 1 aromatic rings. The van der Waals surface area contributed by atoms with E-state index in [9.17, 15) is 14.4 Å². The van der Waals surface area contributed by atoms with Crippen molar-refractivity contribution in [3.8, 4) is 0 Å². The van der Waals surface area contributed by atoms with Gasteiger partial charge in [-0.05, 0) is 28.7 Å². The van der Waals surface area contributed by atoms with Crippen LogP contribution in [0.5, 0.6) is 0 Å². The fourth-order valence-electron chi connectivity index (χ4n) is 4.72. The van der Waals surface area contributed by atoms with Crippen molar-refractivity contribution in [3.05, 3.63) is 46.0 Å². The summed E-state index contributed by atoms with van der Waals surface area (Å²) in [6.45, 7) is 5.04. The lowest BCUT2D eigenvalue weighted by molar-refractivity contribution is -0.136. The van der Waals surface area contributed by atoms with Crippen LogP contribution < -0.4 is 10.6 Å². The Morgan fingerprint density at radius 1 is 1.04 bits per heavy atom. The second-order valence-corrected chi connectivity index (χ2v) is 7.81. The van der Waals surface area contributed by atoms with Gasteiger partial charge in [-0.15, -0.1) is 0 Å². The molecule has 7 nitrogen and oxygen atoms in total. The van der Waals surface area contributed by atoms with Crippen molar-refractivity contribution in [2.75, 3.05) is 26.2 Å². The Balaban J connectivity index is 1.35. The van der Waals surface area contributed by atoms with Crippen LogP contribution in [0.1, 0.15) is 34.3 Å². The molecule has 4 aliphatic rings. The van der Waals surface area contributed by atoms with E-state index >= 15 is 0 Å². The minimum atomic E-state index is -0.557. The summed E-state index contributed by atoms with van der Waals surface area (Å²) in [7, 11) is 0. The molecule has 140 valence electrons. The third-order valence-corrected chi connectivity index (χ3v) is 6.04. The largest absolute Gasteiger partial charge is 0.322 e. The number of hydrogen-bond donors (Lipinski definition) is 2. The number of imide groups is 1. The molecule has 4 aliphatic heterocycles. The first-order valence-corrected chi connectivity index (χ1v) is 9.48. The molecule has 1 atom stereocenters. The van der Waals surface area contributed by atoms with Crippen LogP contribution in [0, 0.1) is 0 Å². The standard InChI is InChI=1S/C20H22N4O3/c25-17-5-4-16(19(26)22-17)24-11-13-3-1-2-12(18(13)20(24)27)8-23-9-14-6-21-7-15(14)10-23/h1-3,16,21H,4-11H2,(H,22,25,26). The molecule has 1 saturated heterocycles. The number of carbonyl (C=O) groups excluding carboxylic acids is 3. The van der Waals surface area contributed by atoms with Crippen LogP contribution in [-0.2, 0) is 22.7 Å². The highest BCUT2D eigenvalue weighted by atomic mass is 16.2. The van der Waals surface area contributed by atoms with Crippen LogP contribution in [-0.4, -0.2) is 59.7 Å². The van der Waals surface area contributed by atoms with E-state index < -0.39 is 6.04 Å². The number of hydrogen-bond acceptors (Lipinski definition) is 5. The number of benzene rings is 1. The maximum absolute atomic E-state index is 13.1. The van der Waals surface area contributed by atoms with Crippen LogP contribution in [0.15, 0.2) is 29.3 Å². The summed E-state index contributed by atoms with van der Waals surface area (Å²) < 4.78 is 0. The summed E-state index contributed by atoms with van der Waals surface area (Å²) in [4.78, 5) is 40.8. The zero-order valence-electron chi connectivity index (χ0n) is 15.1. The Morgan fingerprint density at radius 3 is 2.56 bits per heavy atom. The molecule has 0 saturated carbocycles. The topological polar surface area (TPSA) is 81.8 Å². The molecule has 2 N–H and O–H groups in total.